The lowest BCUT2D eigenvalue weighted by atomic mass is 10.1. The summed E-state index contributed by atoms with van der Waals surface area (Å²) < 4.78 is 5.09. The molecule has 6 heteroatoms. The standard InChI is InChI=1S/C20H19N3O3/c1-14(24)16-5-7-18(8-6-16)23-20(25)17(11-21)13-22-12-15-3-9-19(26-2)10-4-15/h3-10,13,22H,12H2,1-2H3,(H,23,25)/b17-13-. The van der Waals surface area contributed by atoms with Crippen LogP contribution in [0.1, 0.15) is 22.8 Å². The number of ketones is 1. The Balaban J connectivity index is 1.95. The van der Waals surface area contributed by atoms with Crippen LogP contribution in [0.3, 0.4) is 0 Å². The van der Waals surface area contributed by atoms with Crippen molar-refractivity contribution in [1.29, 1.82) is 5.26 Å². The zero-order chi connectivity index (χ0) is 18.9. The first-order valence-corrected chi connectivity index (χ1v) is 7.92. The van der Waals surface area contributed by atoms with Gasteiger partial charge in [0.15, 0.2) is 5.78 Å². The molecule has 26 heavy (non-hydrogen) atoms. The molecule has 6 nitrogen and oxygen atoms in total. The predicted molar refractivity (Wildman–Crippen MR) is 98.6 cm³/mol. The molecule has 0 atom stereocenters. The maximum Gasteiger partial charge on any atom is 0.267 e. The molecule has 1 amide bonds. The van der Waals surface area contributed by atoms with Crippen LogP contribution in [0.15, 0.2) is 60.3 Å². The Hall–Kier alpha value is -3.59. The molecule has 0 fully saturated rings. The Morgan fingerprint density at radius 1 is 1.12 bits per heavy atom. The number of nitrogens with one attached hydrogen (secondary N) is 2. The third kappa shape index (κ3) is 5.21. The minimum atomic E-state index is -0.523. The lowest BCUT2D eigenvalue weighted by Crippen LogP contribution is -2.16. The number of ether oxygens (including phenoxy) is 1. The van der Waals surface area contributed by atoms with Crippen molar-refractivity contribution in [3.05, 3.63) is 71.4 Å². The van der Waals surface area contributed by atoms with Gasteiger partial charge in [-0.05, 0) is 48.9 Å². The van der Waals surface area contributed by atoms with Crippen molar-refractivity contribution < 1.29 is 14.3 Å². The van der Waals surface area contributed by atoms with E-state index in [-0.39, 0.29) is 11.4 Å². The van der Waals surface area contributed by atoms with Crippen LogP contribution in [0.4, 0.5) is 5.69 Å². The highest BCUT2D eigenvalue weighted by Gasteiger charge is 2.09. The Kier molecular flexibility index (Phi) is 6.52. The molecule has 0 radical (unpaired) electrons. The average molecular weight is 349 g/mol. The third-order valence-corrected chi connectivity index (χ3v) is 3.63. The Labute approximate surface area is 152 Å². The van der Waals surface area contributed by atoms with Gasteiger partial charge in [0.1, 0.15) is 17.4 Å². The highest BCUT2D eigenvalue weighted by Crippen LogP contribution is 2.12. The van der Waals surface area contributed by atoms with Crippen molar-refractivity contribution in [3.8, 4) is 11.8 Å². The first-order chi connectivity index (χ1) is 12.5. The van der Waals surface area contributed by atoms with E-state index in [0.717, 1.165) is 11.3 Å². The van der Waals surface area contributed by atoms with Crippen molar-refractivity contribution in [2.24, 2.45) is 0 Å². The molecule has 2 N–H and O–H groups in total. The smallest absolute Gasteiger partial charge is 0.267 e. The van der Waals surface area contributed by atoms with E-state index in [1.807, 2.05) is 30.3 Å². The van der Waals surface area contributed by atoms with Gasteiger partial charge in [0, 0.05) is 24.0 Å². The van der Waals surface area contributed by atoms with Gasteiger partial charge in [-0.1, -0.05) is 12.1 Å². The summed E-state index contributed by atoms with van der Waals surface area (Å²) >= 11 is 0. The van der Waals surface area contributed by atoms with Gasteiger partial charge in [0.05, 0.1) is 7.11 Å². The molecule has 0 heterocycles. The maximum absolute atomic E-state index is 12.2. The van der Waals surface area contributed by atoms with Gasteiger partial charge < -0.3 is 15.4 Å². The van der Waals surface area contributed by atoms with E-state index in [2.05, 4.69) is 10.6 Å². The topological polar surface area (TPSA) is 91.2 Å². The van der Waals surface area contributed by atoms with Gasteiger partial charge in [0.25, 0.3) is 5.91 Å². The number of nitrogens with zero attached hydrogens (tertiary/aromatic N) is 1. The first-order valence-electron chi connectivity index (χ1n) is 7.92. The molecule has 0 spiro atoms. The van der Waals surface area contributed by atoms with Gasteiger partial charge in [-0.3, -0.25) is 9.59 Å². The number of Topliss-reactive ketones (excluding diaryl/α,β-unsaturated/α-hetero) is 1. The maximum atomic E-state index is 12.2. The van der Waals surface area contributed by atoms with E-state index < -0.39 is 5.91 Å². The molecule has 132 valence electrons. The number of hydrogen-bond acceptors (Lipinski definition) is 5. The zero-order valence-corrected chi connectivity index (χ0v) is 14.6. The second kappa shape index (κ2) is 9.04. The summed E-state index contributed by atoms with van der Waals surface area (Å²) in [4.78, 5) is 23.4. The fourth-order valence-electron chi connectivity index (χ4n) is 2.15. The van der Waals surface area contributed by atoms with Crippen LogP contribution in [0, 0.1) is 11.3 Å². The Morgan fingerprint density at radius 3 is 2.31 bits per heavy atom. The highest BCUT2D eigenvalue weighted by molar-refractivity contribution is 6.06. The summed E-state index contributed by atoms with van der Waals surface area (Å²) in [6.07, 6.45) is 1.38. The van der Waals surface area contributed by atoms with Gasteiger partial charge in [-0.15, -0.1) is 0 Å². The quantitative estimate of drug-likeness (QED) is 0.455. The van der Waals surface area contributed by atoms with E-state index >= 15 is 0 Å². The van der Waals surface area contributed by atoms with E-state index in [1.165, 1.54) is 13.1 Å². The predicted octanol–water partition coefficient (Wildman–Crippen LogP) is 3.03. The Morgan fingerprint density at radius 2 is 1.77 bits per heavy atom. The van der Waals surface area contributed by atoms with E-state index in [9.17, 15) is 14.9 Å². The molecule has 0 saturated heterocycles. The lowest BCUT2D eigenvalue weighted by molar-refractivity contribution is -0.112. The van der Waals surface area contributed by atoms with Crippen molar-refractivity contribution in [3.63, 3.8) is 0 Å². The second-order valence-corrected chi connectivity index (χ2v) is 5.49. The molecular weight excluding hydrogens is 330 g/mol. The average Bonchev–Trinajstić information content (AvgIpc) is 2.66. The molecule has 2 aromatic rings. The number of methoxy groups -OCH3 is 1. The third-order valence-electron chi connectivity index (χ3n) is 3.63. The molecule has 0 aliphatic carbocycles. The van der Waals surface area contributed by atoms with Crippen LogP contribution in [0.25, 0.3) is 0 Å². The summed E-state index contributed by atoms with van der Waals surface area (Å²) in [6.45, 7) is 1.94. The van der Waals surface area contributed by atoms with Crippen LogP contribution in [0.5, 0.6) is 5.75 Å². The van der Waals surface area contributed by atoms with Crippen molar-refractivity contribution >= 4 is 17.4 Å². The Bertz CT molecular complexity index is 847. The number of anilines is 1. The highest BCUT2D eigenvalue weighted by atomic mass is 16.5. The summed E-state index contributed by atoms with van der Waals surface area (Å²) in [5.74, 6) is 0.186. The van der Waals surface area contributed by atoms with Crippen LogP contribution >= 0.6 is 0 Å². The van der Waals surface area contributed by atoms with Gasteiger partial charge >= 0.3 is 0 Å². The molecule has 0 aliphatic heterocycles. The fourth-order valence-corrected chi connectivity index (χ4v) is 2.15. The van der Waals surface area contributed by atoms with E-state index in [1.54, 1.807) is 31.4 Å². The number of nitriles is 1. The number of carbonyl (C=O) groups excluding carboxylic acids is 2. The first kappa shape index (κ1) is 18.7. The number of rotatable bonds is 7. The van der Waals surface area contributed by atoms with E-state index in [0.29, 0.717) is 17.8 Å². The minimum Gasteiger partial charge on any atom is -0.497 e. The normalized spacial score (nSPS) is 10.6. The van der Waals surface area contributed by atoms with Crippen LogP contribution in [0.2, 0.25) is 0 Å². The molecule has 2 rings (SSSR count). The molecule has 2 aromatic carbocycles. The van der Waals surface area contributed by atoms with Gasteiger partial charge in [-0.2, -0.15) is 5.26 Å². The number of carbonyl (C=O) groups is 2. The monoisotopic (exact) mass is 349 g/mol. The van der Waals surface area contributed by atoms with Crippen LogP contribution < -0.4 is 15.4 Å². The molecule has 0 bridgehead atoms. The van der Waals surface area contributed by atoms with E-state index in [4.69, 9.17) is 4.74 Å². The molecule has 0 saturated carbocycles. The number of amides is 1. The molecule has 0 unspecified atom stereocenters. The summed E-state index contributed by atoms with van der Waals surface area (Å²) in [5, 5.41) is 14.8. The molecule has 0 aromatic heterocycles. The largest absolute Gasteiger partial charge is 0.497 e. The van der Waals surface area contributed by atoms with Crippen LogP contribution in [-0.2, 0) is 11.3 Å². The number of hydrogen-bond donors (Lipinski definition) is 2. The number of benzene rings is 2. The second-order valence-electron chi connectivity index (χ2n) is 5.49. The van der Waals surface area contributed by atoms with Crippen LogP contribution in [-0.4, -0.2) is 18.8 Å². The fraction of sp³-hybridized carbons (Fsp3) is 0.150. The zero-order valence-electron chi connectivity index (χ0n) is 14.6. The minimum absolute atomic E-state index is 0.0471. The summed E-state index contributed by atoms with van der Waals surface area (Å²) in [6, 6.07) is 15.8. The van der Waals surface area contributed by atoms with Gasteiger partial charge in [-0.25, -0.2) is 0 Å². The SMILES string of the molecule is COc1ccc(CN/C=C(/C#N)C(=O)Nc2ccc(C(C)=O)cc2)cc1. The summed E-state index contributed by atoms with van der Waals surface area (Å²) in [5.41, 5.74) is 2.00. The lowest BCUT2D eigenvalue weighted by Gasteiger charge is -2.06. The molecular formula is C20H19N3O3. The van der Waals surface area contributed by atoms with Crippen molar-refractivity contribution in [2.45, 2.75) is 13.5 Å². The van der Waals surface area contributed by atoms with Crippen molar-refractivity contribution in [2.75, 3.05) is 12.4 Å². The van der Waals surface area contributed by atoms with Crippen molar-refractivity contribution in [1.82, 2.24) is 5.32 Å². The van der Waals surface area contributed by atoms with Gasteiger partial charge in [0.2, 0.25) is 0 Å². The summed E-state index contributed by atoms with van der Waals surface area (Å²) in [7, 11) is 1.60. The molecule has 0 aliphatic rings.